The number of nitrogens with one attached hydrogen (secondary N) is 1. The van der Waals surface area contributed by atoms with E-state index in [2.05, 4.69) is 10.5 Å². The second-order valence-corrected chi connectivity index (χ2v) is 9.83. The molecule has 0 saturated carbocycles. The molecule has 0 aromatic heterocycles. The molecule has 1 amide bonds. The topological polar surface area (TPSA) is 88.1 Å². The molecule has 3 aromatic carbocycles. The molecule has 0 radical (unpaired) electrons. The minimum atomic E-state index is -4.01. The third-order valence-corrected chi connectivity index (χ3v) is 7.31. The fourth-order valence-corrected chi connectivity index (χ4v) is 4.76. The number of rotatable bonds is 9. The maximum Gasteiger partial charge on any atom is 0.264 e. The molecule has 3 aromatic rings. The number of ether oxygens (including phenoxy) is 1. The van der Waals surface area contributed by atoms with Gasteiger partial charge < -0.3 is 4.74 Å². The van der Waals surface area contributed by atoms with Gasteiger partial charge in [0, 0.05) is 4.90 Å². The number of anilines is 1. The largest absolute Gasteiger partial charge is 0.497 e. The van der Waals surface area contributed by atoms with Crippen molar-refractivity contribution in [1.29, 1.82) is 0 Å². The first-order chi connectivity index (χ1) is 15.8. The van der Waals surface area contributed by atoms with Crippen LogP contribution in [-0.4, -0.2) is 40.4 Å². The Labute approximate surface area is 198 Å². The van der Waals surface area contributed by atoms with E-state index in [1.807, 2.05) is 37.4 Å². The summed E-state index contributed by atoms with van der Waals surface area (Å²) in [5.41, 5.74) is 4.58. The number of hydrogen-bond acceptors (Lipinski definition) is 6. The number of nitrogens with zero attached hydrogens (tertiary/aromatic N) is 2. The summed E-state index contributed by atoms with van der Waals surface area (Å²) in [4.78, 5) is 13.8. The zero-order valence-electron chi connectivity index (χ0n) is 18.6. The van der Waals surface area contributed by atoms with Gasteiger partial charge >= 0.3 is 0 Å². The molecule has 0 spiro atoms. The van der Waals surface area contributed by atoms with Gasteiger partial charge in [0.2, 0.25) is 0 Å². The molecular formula is C24H25N3O4S2. The summed E-state index contributed by atoms with van der Waals surface area (Å²) >= 11 is 1.63. The summed E-state index contributed by atoms with van der Waals surface area (Å²) in [5, 5.41) is 3.97. The van der Waals surface area contributed by atoms with E-state index in [0.29, 0.717) is 11.4 Å². The predicted octanol–water partition coefficient (Wildman–Crippen LogP) is 4.07. The lowest BCUT2D eigenvalue weighted by Gasteiger charge is -2.24. The van der Waals surface area contributed by atoms with Crippen LogP contribution in [0.1, 0.15) is 11.1 Å². The Morgan fingerprint density at radius 3 is 2.24 bits per heavy atom. The number of sulfonamides is 1. The number of carbonyl (C=O) groups excluding carboxylic acids is 1. The Morgan fingerprint density at radius 1 is 1.03 bits per heavy atom. The van der Waals surface area contributed by atoms with Crippen LogP contribution in [-0.2, 0) is 14.8 Å². The lowest BCUT2D eigenvalue weighted by molar-refractivity contribution is -0.119. The lowest BCUT2D eigenvalue weighted by Crippen LogP contribution is -2.39. The molecule has 0 atom stereocenters. The van der Waals surface area contributed by atoms with Gasteiger partial charge in [-0.2, -0.15) is 5.10 Å². The molecule has 1 N–H and O–H groups in total. The third-order valence-electron chi connectivity index (χ3n) is 4.78. The molecule has 0 aliphatic carbocycles. The maximum absolute atomic E-state index is 13.4. The van der Waals surface area contributed by atoms with Crippen LogP contribution in [0.2, 0.25) is 0 Å². The van der Waals surface area contributed by atoms with Crippen molar-refractivity contribution in [2.75, 3.05) is 24.2 Å². The van der Waals surface area contributed by atoms with E-state index in [1.54, 1.807) is 48.2 Å². The molecule has 0 fully saturated rings. The van der Waals surface area contributed by atoms with E-state index >= 15 is 0 Å². The molecule has 33 heavy (non-hydrogen) atoms. The van der Waals surface area contributed by atoms with Crippen LogP contribution in [0, 0.1) is 6.92 Å². The highest BCUT2D eigenvalue weighted by Crippen LogP contribution is 2.25. The number of hydrogen-bond donors (Lipinski definition) is 1. The highest BCUT2D eigenvalue weighted by molar-refractivity contribution is 7.98. The number of benzene rings is 3. The average Bonchev–Trinajstić information content (AvgIpc) is 2.83. The SMILES string of the molecule is COc1ccc(S(=O)(=O)N(CC(=O)N/N=C\c2ccc(SC)cc2)c2ccc(C)cc2)cc1. The first kappa shape index (κ1) is 24.3. The number of thioether (sulfide) groups is 1. The van der Waals surface area contributed by atoms with Crippen molar-refractivity contribution in [3.05, 3.63) is 83.9 Å². The Morgan fingerprint density at radius 2 is 1.67 bits per heavy atom. The molecule has 0 bridgehead atoms. The van der Waals surface area contributed by atoms with Crippen molar-refractivity contribution in [3.8, 4) is 5.75 Å². The minimum Gasteiger partial charge on any atom is -0.497 e. The second kappa shape index (κ2) is 11.0. The van der Waals surface area contributed by atoms with Gasteiger partial charge in [-0.25, -0.2) is 13.8 Å². The van der Waals surface area contributed by atoms with Gasteiger partial charge in [-0.1, -0.05) is 29.8 Å². The van der Waals surface area contributed by atoms with Crippen LogP contribution in [0.3, 0.4) is 0 Å². The highest BCUT2D eigenvalue weighted by atomic mass is 32.2. The van der Waals surface area contributed by atoms with Crippen LogP contribution >= 0.6 is 11.8 Å². The normalized spacial score (nSPS) is 11.4. The summed E-state index contributed by atoms with van der Waals surface area (Å²) in [6.07, 6.45) is 3.50. The fourth-order valence-electron chi connectivity index (χ4n) is 2.94. The van der Waals surface area contributed by atoms with Crippen molar-refractivity contribution in [2.24, 2.45) is 5.10 Å². The summed E-state index contributed by atoms with van der Waals surface area (Å²) < 4.78 is 32.9. The van der Waals surface area contributed by atoms with Crippen molar-refractivity contribution in [1.82, 2.24) is 5.43 Å². The molecular weight excluding hydrogens is 458 g/mol. The molecule has 0 unspecified atom stereocenters. The molecule has 9 heteroatoms. The van der Waals surface area contributed by atoms with Gasteiger partial charge in [0.05, 0.1) is 23.9 Å². The predicted molar refractivity (Wildman–Crippen MR) is 133 cm³/mol. The Kier molecular flexibility index (Phi) is 8.13. The molecule has 172 valence electrons. The first-order valence-electron chi connectivity index (χ1n) is 10.0. The number of carbonyl (C=O) groups is 1. The van der Waals surface area contributed by atoms with E-state index in [1.165, 1.54) is 25.5 Å². The standard InChI is InChI=1S/C24H25N3O4S2/c1-18-4-8-20(9-5-18)27(33(29,30)23-14-10-21(31-2)11-15-23)17-24(28)26-25-16-19-6-12-22(32-3)13-7-19/h4-16H,17H2,1-3H3,(H,26,28)/b25-16-. The number of hydrazone groups is 1. The van der Waals surface area contributed by atoms with Crippen LogP contribution in [0.4, 0.5) is 5.69 Å². The van der Waals surface area contributed by atoms with Gasteiger partial charge in [-0.05, 0) is 67.3 Å². The smallest absolute Gasteiger partial charge is 0.264 e. The monoisotopic (exact) mass is 483 g/mol. The summed E-state index contributed by atoms with van der Waals surface area (Å²) in [5.74, 6) is -0.0295. The molecule has 0 aliphatic rings. The Bertz CT molecular complexity index is 1210. The van der Waals surface area contributed by atoms with E-state index in [9.17, 15) is 13.2 Å². The van der Waals surface area contributed by atoms with E-state index < -0.39 is 22.5 Å². The lowest BCUT2D eigenvalue weighted by atomic mass is 10.2. The van der Waals surface area contributed by atoms with E-state index in [-0.39, 0.29) is 4.90 Å². The summed E-state index contributed by atoms with van der Waals surface area (Å²) in [6, 6.07) is 20.6. The molecule has 3 rings (SSSR count). The van der Waals surface area contributed by atoms with Crippen LogP contribution in [0.15, 0.2) is 87.7 Å². The van der Waals surface area contributed by atoms with Gasteiger partial charge in [-0.15, -0.1) is 11.8 Å². The number of methoxy groups -OCH3 is 1. The number of amides is 1. The van der Waals surface area contributed by atoms with Crippen molar-refractivity contribution < 1.29 is 17.9 Å². The van der Waals surface area contributed by atoms with Crippen molar-refractivity contribution in [2.45, 2.75) is 16.7 Å². The molecule has 7 nitrogen and oxygen atoms in total. The average molecular weight is 484 g/mol. The van der Waals surface area contributed by atoms with E-state index in [0.717, 1.165) is 20.3 Å². The number of aryl methyl sites for hydroxylation is 1. The first-order valence-corrected chi connectivity index (χ1v) is 12.7. The third kappa shape index (κ3) is 6.36. The summed E-state index contributed by atoms with van der Waals surface area (Å²) in [6.45, 7) is 1.47. The van der Waals surface area contributed by atoms with Crippen LogP contribution < -0.4 is 14.5 Å². The second-order valence-electron chi connectivity index (χ2n) is 7.09. The Balaban J connectivity index is 1.80. The molecule has 0 heterocycles. The molecule has 0 aliphatic heterocycles. The van der Waals surface area contributed by atoms with Gasteiger partial charge in [0.15, 0.2) is 0 Å². The van der Waals surface area contributed by atoms with Gasteiger partial charge in [0.1, 0.15) is 12.3 Å². The van der Waals surface area contributed by atoms with Crippen molar-refractivity contribution >= 4 is 39.6 Å². The Hall–Kier alpha value is -3.30. The summed E-state index contributed by atoms with van der Waals surface area (Å²) in [7, 11) is -2.51. The molecule has 0 saturated heterocycles. The van der Waals surface area contributed by atoms with E-state index in [4.69, 9.17) is 4.74 Å². The fraction of sp³-hybridized carbons (Fsp3) is 0.167. The van der Waals surface area contributed by atoms with Crippen LogP contribution in [0.25, 0.3) is 0 Å². The highest BCUT2D eigenvalue weighted by Gasteiger charge is 2.27. The van der Waals surface area contributed by atoms with Gasteiger partial charge in [0.25, 0.3) is 15.9 Å². The minimum absolute atomic E-state index is 0.0501. The zero-order valence-corrected chi connectivity index (χ0v) is 20.2. The van der Waals surface area contributed by atoms with Gasteiger partial charge in [-0.3, -0.25) is 9.10 Å². The maximum atomic E-state index is 13.4. The van der Waals surface area contributed by atoms with Crippen LogP contribution in [0.5, 0.6) is 5.75 Å². The zero-order chi connectivity index (χ0) is 23.8. The van der Waals surface area contributed by atoms with Crippen molar-refractivity contribution in [3.63, 3.8) is 0 Å². The quantitative estimate of drug-likeness (QED) is 0.282.